The summed E-state index contributed by atoms with van der Waals surface area (Å²) in [4.78, 5) is 13.0. The smallest absolute Gasteiger partial charge is 0.254 e. The van der Waals surface area contributed by atoms with Crippen molar-refractivity contribution in [1.29, 1.82) is 0 Å². The first-order valence-electron chi connectivity index (χ1n) is 12.6. The maximum atomic E-state index is 13.0. The Hall–Kier alpha value is -2.73. The van der Waals surface area contributed by atoms with E-state index in [1.54, 1.807) is 13.2 Å². The zero-order valence-electron chi connectivity index (χ0n) is 21.9. The first-order chi connectivity index (χ1) is 16.7. The highest BCUT2D eigenvalue weighted by Gasteiger charge is 2.37. The molecule has 1 aromatic carbocycles. The van der Waals surface area contributed by atoms with Gasteiger partial charge in [-0.25, -0.2) is 0 Å². The van der Waals surface area contributed by atoms with Crippen LogP contribution in [0.3, 0.4) is 0 Å². The van der Waals surface area contributed by atoms with E-state index in [-0.39, 0.29) is 17.6 Å². The highest BCUT2D eigenvalue weighted by atomic mass is 16.5. The van der Waals surface area contributed by atoms with Crippen molar-refractivity contribution in [2.75, 3.05) is 26.9 Å². The van der Waals surface area contributed by atoms with Crippen molar-refractivity contribution in [3.63, 3.8) is 0 Å². The van der Waals surface area contributed by atoms with Gasteiger partial charge in [0.2, 0.25) is 0 Å². The van der Waals surface area contributed by atoms with Crippen molar-refractivity contribution in [2.24, 2.45) is 11.3 Å². The van der Waals surface area contributed by atoms with Gasteiger partial charge in [-0.2, -0.15) is 0 Å². The summed E-state index contributed by atoms with van der Waals surface area (Å²) in [6.07, 6.45) is 6.30. The fourth-order valence-electron chi connectivity index (χ4n) is 4.72. The predicted octanol–water partition coefficient (Wildman–Crippen LogP) is 5.18. The topological polar surface area (TPSA) is 69.9 Å². The summed E-state index contributed by atoms with van der Waals surface area (Å²) in [5.74, 6) is 2.76. The van der Waals surface area contributed by atoms with E-state index in [1.807, 2.05) is 28.8 Å². The molecule has 1 aromatic heterocycles. The molecule has 0 bridgehead atoms. The van der Waals surface area contributed by atoms with Gasteiger partial charge in [-0.1, -0.05) is 25.5 Å². The number of pyridine rings is 1. The third-order valence-electron chi connectivity index (χ3n) is 6.90. The average Bonchev–Trinajstić information content (AvgIpc) is 2.82. The summed E-state index contributed by atoms with van der Waals surface area (Å²) in [6, 6.07) is 9.15. The number of ether oxygens (including phenoxy) is 3. The quantitative estimate of drug-likeness (QED) is 0.333. The molecule has 0 aliphatic heterocycles. The van der Waals surface area contributed by atoms with Gasteiger partial charge in [-0.05, 0) is 75.1 Å². The van der Waals surface area contributed by atoms with Gasteiger partial charge in [0, 0.05) is 36.9 Å². The molecule has 1 atom stereocenters. The third-order valence-corrected chi connectivity index (χ3v) is 6.90. The standard InChI is InChI=1S/C29H41NO5/c1-21(2)8-9-22-18-25-26(20-29(22,3)4)30(14-6-15-31)28(32)19-27(25)35-17-7-16-34-24-12-10-23(33-5)11-13-24/h8,10-13,19,22,31H,6-7,9,14-18,20H2,1-5H3. The van der Waals surface area contributed by atoms with Crippen LogP contribution in [0.2, 0.25) is 0 Å². The number of methoxy groups -OCH3 is 1. The summed E-state index contributed by atoms with van der Waals surface area (Å²) >= 11 is 0. The highest BCUT2D eigenvalue weighted by molar-refractivity contribution is 5.40. The second-order valence-electron chi connectivity index (χ2n) is 10.3. The summed E-state index contributed by atoms with van der Waals surface area (Å²) < 4.78 is 19.0. The van der Waals surface area contributed by atoms with E-state index in [0.717, 1.165) is 42.0 Å². The Morgan fingerprint density at radius 1 is 1.11 bits per heavy atom. The van der Waals surface area contributed by atoms with Crippen molar-refractivity contribution in [2.45, 2.75) is 66.3 Å². The number of aliphatic hydroxyl groups excluding tert-OH is 1. The number of benzene rings is 1. The van der Waals surface area contributed by atoms with Crippen LogP contribution >= 0.6 is 0 Å². The average molecular weight is 484 g/mol. The van der Waals surface area contributed by atoms with Crippen LogP contribution in [-0.2, 0) is 19.4 Å². The number of nitrogens with zero attached hydrogens (tertiary/aromatic N) is 1. The molecule has 192 valence electrons. The summed E-state index contributed by atoms with van der Waals surface area (Å²) in [5.41, 5.74) is 3.55. The molecular formula is C29H41NO5. The summed E-state index contributed by atoms with van der Waals surface area (Å²) in [5, 5.41) is 9.35. The van der Waals surface area contributed by atoms with E-state index >= 15 is 0 Å². The second-order valence-corrected chi connectivity index (χ2v) is 10.3. The Balaban J connectivity index is 1.74. The van der Waals surface area contributed by atoms with E-state index in [1.165, 1.54) is 5.57 Å². The zero-order valence-corrected chi connectivity index (χ0v) is 21.9. The molecule has 6 heteroatoms. The van der Waals surface area contributed by atoms with Crippen LogP contribution < -0.4 is 19.8 Å². The molecule has 6 nitrogen and oxygen atoms in total. The minimum atomic E-state index is -0.0553. The zero-order chi connectivity index (χ0) is 25.4. The first kappa shape index (κ1) is 26.9. The normalized spacial score (nSPS) is 16.3. The lowest BCUT2D eigenvalue weighted by Gasteiger charge is -2.41. The molecule has 1 aliphatic carbocycles. The molecule has 0 fully saturated rings. The van der Waals surface area contributed by atoms with Crippen molar-refractivity contribution < 1.29 is 19.3 Å². The number of allylic oxidation sites excluding steroid dienone is 2. The van der Waals surface area contributed by atoms with Crippen molar-refractivity contribution >= 4 is 0 Å². The highest BCUT2D eigenvalue weighted by Crippen LogP contribution is 2.44. The van der Waals surface area contributed by atoms with Crippen LogP contribution in [0.15, 0.2) is 46.8 Å². The number of aromatic nitrogens is 1. The Labute approximate surface area is 209 Å². The van der Waals surface area contributed by atoms with Crippen molar-refractivity contribution in [1.82, 2.24) is 4.57 Å². The molecule has 0 saturated carbocycles. The lowest BCUT2D eigenvalue weighted by molar-refractivity contribution is 0.181. The lowest BCUT2D eigenvalue weighted by Crippen LogP contribution is -2.38. The van der Waals surface area contributed by atoms with E-state index in [4.69, 9.17) is 14.2 Å². The molecule has 1 aliphatic rings. The van der Waals surface area contributed by atoms with Gasteiger partial charge in [-0.3, -0.25) is 4.79 Å². The number of hydrogen-bond donors (Lipinski definition) is 1. The van der Waals surface area contributed by atoms with Gasteiger partial charge in [-0.15, -0.1) is 0 Å². The predicted molar refractivity (Wildman–Crippen MR) is 140 cm³/mol. The van der Waals surface area contributed by atoms with E-state index in [2.05, 4.69) is 33.8 Å². The fraction of sp³-hybridized carbons (Fsp3) is 0.552. The van der Waals surface area contributed by atoms with E-state index < -0.39 is 0 Å². The summed E-state index contributed by atoms with van der Waals surface area (Å²) in [6.45, 7) is 10.5. The fourth-order valence-corrected chi connectivity index (χ4v) is 4.72. The molecule has 0 saturated heterocycles. The number of fused-ring (bicyclic) bond motifs is 1. The Kier molecular flexibility index (Phi) is 9.44. The molecule has 1 unspecified atom stereocenters. The van der Waals surface area contributed by atoms with Crippen LogP contribution in [0.4, 0.5) is 0 Å². The van der Waals surface area contributed by atoms with Crippen LogP contribution in [0.25, 0.3) is 0 Å². The van der Waals surface area contributed by atoms with Gasteiger partial charge in [0.25, 0.3) is 5.56 Å². The van der Waals surface area contributed by atoms with Gasteiger partial charge >= 0.3 is 0 Å². The minimum absolute atomic E-state index is 0.0553. The maximum Gasteiger partial charge on any atom is 0.254 e. The largest absolute Gasteiger partial charge is 0.497 e. The molecule has 0 radical (unpaired) electrons. The number of aliphatic hydroxyl groups is 1. The van der Waals surface area contributed by atoms with Gasteiger partial charge in [0.15, 0.2) is 0 Å². The van der Waals surface area contributed by atoms with Gasteiger partial charge < -0.3 is 23.9 Å². The molecular weight excluding hydrogens is 442 g/mol. The minimum Gasteiger partial charge on any atom is -0.497 e. The van der Waals surface area contributed by atoms with Gasteiger partial charge in [0.1, 0.15) is 17.2 Å². The second kappa shape index (κ2) is 12.3. The van der Waals surface area contributed by atoms with E-state index in [0.29, 0.717) is 44.3 Å². The third kappa shape index (κ3) is 7.14. The molecule has 1 heterocycles. The van der Waals surface area contributed by atoms with E-state index in [9.17, 15) is 9.90 Å². The van der Waals surface area contributed by atoms with Gasteiger partial charge in [0.05, 0.1) is 20.3 Å². The molecule has 1 N–H and O–H groups in total. The first-order valence-corrected chi connectivity index (χ1v) is 12.6. The number of rotatable bonds is 12. The SMILES string of the molecule is COc1ccc(OCCCOc2cc(=O)n(CCCO)c3c2CC(CC=C(C)C)C(C)(C)C3)cc1. The molecule has 35 heavy (non-hydrogen) atoms. The van der Waals surface area contributed by atoms with Crippen LogP contribution in [0.5, 0.6) is 17.2 Å². The molecule has 0 amide bonds. The Bertz CT molecular complexity index is 1050. The maximum absolute atomic E-state index is 13.0. The van der Waals surface area contributed by atoms with Crippen molar-refractivity contribution in [3.8, 4) is 17.2 Å². The van der Waals surface area contributed by atoms with Crippen molar-refractivity contribution in [3.05, 3.63) is 63.6 Å². The Morgan fingerprint density at radius 2 is 1.80 bits per heavy atom. The molecule has 2 aromatic rings. The molecule has 0 spiro atoms. The van der Waals surface area contributed by atoms with Crippen LogP contribution in [0.1, 0.15) is 58.2 Å². The molecule has 3 rings (SSSR count). The lowest BCUT2D eigenvalue weighted by atomic mass is 9.66. The van der Waals surface area contributed by atoms with Crippen LogP contribution in [0, 0.1) is 11.3 Å². The number of hydrogen-bond acceptors (Lipinski definition) is 5. The summed E-state index contributed by atoms with van der Waals surface area (Å²) in [7, 11) is 1.64. The van der Waals surface area contributed by atoms with Crippen LogP contribution in [-0.4, -0.2) is 36.6 Å². The monoisotopic (exact) mass is 483 g/mol. The Morgan fingerprint density at radius 3 is 2.46 bits per heavy atom.